The molecule has 0 radical (unpaired) electrons. The summed E-state index contributed by atoms with van der Waals surface area (Å²) in [5, 5.41) is 12.2. The average molecular weight is 306 g/mol. The Kier molecular flexibility index (Phi) is 4.45. The minimum absolute atomic E-state index is 0.0509. The molecule has 3 heterocycles. The third-order valence-electron chi connectivity index (χ3n) is 3.43. The highest BCUT2D eigenvalue weighted by molar-refractivity contribution is 5.92. The number of ether oxygens (including phenoxy) is 2. The van der Waals surface area contributed by atoms with Crippen LogP contribution in [-0.2, 0) is 16.0 Å². The number of H-pyrrole nitrogens is 1. The van der Waals surface area contributed by atoms with E-state index in [1.54, 1.807) is 30.3 Å². The van der Waals surface area contributed by atoms with Crippen LogP contribution in [0.25, 0.3) is 0 Å². The summed E-state index contributed by atoms with van der Waals surface area (Å²) in [6.07, 6.45) is 1.37. The highest BCUT2D eigenvalue weighted by atomic mass is 16.5. The minimum Gasteiger partial charge on any atom is -0.383 e. The van der Waals surface area contributed by atoms with Gasteiger partial charge in [0.05, 0.1) is 26.3 Å². The van der Waals surface area contributed by atoms with Gasteiger partial charge in [-0.1, -0.05) is 0 Å². The first-order chi connectivity index (χ1) is 10.8. The van der Waals surface area contributed by atoms with Crippen molar-refractivity contribution in [2.75, 3.05) is 33.4 Å². The van der Waals surface area contributed by atoms with Crippen LogP contribution in [0.15, 0.2) is 18.3 Å². The first-order valence-electron chi connectivity index (χ1n) is 7.09. The summed E-state index contributed by atoms with van der Waals surface area (Å²) in [7, 11) is 1.62. The van der Waals surface area contributed by atoms with Crippen LogP contribution in [0.3, 0.4) is 0 Å². The molecule has 2 aromatic rings. The molecule has 1 amide bonds. The van der Waals surface area contributed by atoms with Crippen LogP contribution in [0.4, 0.5) is 0 Å². The smallest absolute Gasteiger partial charge is 0.270 e. The molecule has 118 valence electrons. The van der Waals surface area contributed by atoms with E-state index in [0.717, 1.165) is 0 Å². The number of aromatic nitrogens is 5. The zero-order chi connectivity index (χ0) is 15.4. The van der Waals surface area contributed by atoms with Crippen molar-refractivity contribution in [3.63, 3.8) is 0 Å². The molecule has 9 nitrogen and oxygen atoms in total. The molecule has 1 fully saturated rings. The van der Waals surface area contributed by atoms with Gasteiger partial charge in [0.1, 0.15) is 11.8 Å². The van der Waals surface area contributed by atoms with E-state index in [2.05, 4.69) is 20.4 Å². The molecule has 22 heavy (non-hydrogen) atoms. The highest BCUT2D eigenvalue weighted by Gasteiger charge is 2.29. The van der Waals surface area contributed by atoms with E-state index < -0.39 is 0 Å². The molecular formula is C13H18N6O3. The number of aromatic amines is 1. The number of carbonyl (C=O) groups excluding carboxylic acids is 1. The average Bonchev–Trinajstić information content (AvgIpc) is 3.24. The van der Waals surface area contributed by atoms with E-state index in [1.165, 1.54) is 4.80 Å². The Balaban J connectivity index is 1.65. The van der Waals surface area contributed by atoms with Crippen LogP contribution in [0.5, 0.6) is 0 Å². The summed E-state index contributed by atoms with van der Waals surface area (Å²) in [5.74, 6) is 0.435. The summed E-state index contributed by atoms with van der Waals surface area (Å²) in [6, 6.07) is 3.56. The Hall–Kier alpha value is -2.26. The van der Waals surface area contributed by atoms with Crippen molar-refractivity contribution >= 4 is 5.91 Å². The Morgan fingerprint density at radius 2 is 2.50 bits per heavy atom. The molecule has 1 saturated heterocycles. The fraction of sp³-hybridized carbons (Fsp3) is 0.538. The largest absolute Gasteiger partial charge is 0.383 e. The van der Waals surface area contributed by atoms with Gasteiger partial charge < -0.3 is 19.4 Å². The van der Waals surface area contributed by atoms with Crippen LogP contribution < -0.4 is 0 Å². The second kappa shape index (κ2) is 6.67. The molecule has 1 aliphatic heterocycles. The second-order valence-corrected chi connectivity index (χ2v) is 4.93. The second-order valence-electron chi connectivity index (χ2n) is 4.93. The third-order valence-corrected chi connectivity index (χ3v) is 3.43. The Morgan fingerprint density at radius 1 is 1.59 bits per heavy atom. The monoisotopic (exact) mass is 306 g/mol. The summed E-state index contributed by atoms with van der Waals surface area (Å²) >= 11 is 0. The van der Waals surface area contributed by atoms with Gasteiger partial charge in [-0.25, -0.2) is 0 Å². The number of rotatable bonds is 5. The standard InChI is InChI=1S/C13H18N6O3/c1-21-7-6-19-16-12(15-17-19)11-9-18(5-8-22-11)13(20)10-3-2-4-14-10/h2-4,11,14H,5-9H2,1H3. The molecule has 1 N–H and O–H groups in total. The highest BCUT2D eigenvalue weighted by Crippen LogP contribution is 2.19. The zero-order valence-corrected chi connectivity index (χ0v) is 12.3. The molecule has 3 rings (SSSR count). The molecule has 0 aromatic carbocycles. The maximum absolute atomic E-state index is 12.3. The quantitative estimate of drug-likeness (QED) is 0.825. The van der Waals surface area contributed by atoms with Gasteiger partial charge in [-0.05, 0) is 17.3 Å². The van der Waals surface area contributed by atoms with E-state index in [0.29, 0.717) is 44.4 Å². The van der Waals surface area contributed by atoms with Crippen LogP contribution in [-0.4, -0.2) is 69.4 Å². The number of amides is 1. The van der Waals surface area contributed by atoms with Crippen LogP contribution in [0.2, 0.25) is 0 Å². The van der Waals surface area contributed by atoms with E-state index in [1.807, 2.05) is 0 Å². The molecule has 1 unspecified atom stereocenters. The first kappa shape index (κ1) is 14.7. The third kappa shape index (κ3) is 3.15. The number of carbonyl (C=O) groups is 1. The predicted octanol–water partition coefficient (Wildman–Crippen LogP) is -0.139. The SMILES string of the molecule is COCCn1nnc(C2CN(C(=O)c3ccc[nH]3)CCO2)n1. The van der Waals surface area contributed by atoms with Crippen molar-refractivity contribution in [2.45, 2.75) is 12.6 Å². The van der Waals surface area contributed by atoms with Gasteiger partial charge >= 0.3 is 0 Å². The number of hydrogen-bond acceptors (Lipinski definition) is 6. The van der Waals surface area contributed by atoms with E-state index in [-0.39, 0.29) is 12.0 Å². The van der Waals surface area contributed by atoms with Crippen LogP contribution >= 0.6 is 0 Å². The van der Waals surface area contributed by atoms with Crippen molar-refractivity contribution in [2.24, 2.45) is 0 Å². The Bertz CT molecular complexity index is 611. The van der Waals surface area contributed by atoms with Crippen molar-refractivity contribution < 1.29 is 14.3 Å². The van der Waals surface area contributed by atoms with Crippen molar-refractivity contribution in [1.29, 1.82) is 0 Å². The minimum atomic E-state index is -0.357. The zero-order valence-electron chi connectivity index (χ0n) is 12.3. The molecule has 0 saturated carbocycles. The van der Waals surface area contributed by atoms with Crippen LogP contribution in [0.1, 0.15) is 22.4 Å². The molecule has 9 heteroatoms. The van der Waals surface area contributed by atoms with Gasteiger partial charge in [0.2, 0.25) is 5.82 Å². The van der Waals surface area contributed by atoms with Gasteiger partial charge in [0, 0.05) is 19.9 Å². The van der Waals surface area contributed by atoms with Gasteiger partial charge in [-0.2, -0.15) is 4.80 Å². The van der Waals surface area contributed by atoms with Crippen LogP contribution in [0, 0.1) is 0 Å². The Morgan fingerprint density at radius 3 is 3.27 bits per heavy atom. The maximum Gasteiger partial charge on any atom is 0.270 e. The van der Waals surface area contributed by atoms with Crippen molar-refractivity contribution in [3.8, 4) is 0 Å². The number of tetrazole rings is 1. The van der Waals surface area contributed by atoms with E-state index in [4.69, 9.17) is 9.47 Å². The molecule has 1 aliphatic rings. The molecular weight excluding hydrogens is 288 g/mol. The van der Waals surface area contributed by atoms with Gasteiger partial charge in [-0.3, -0.25) is 4.79 Å². The van der Waals surface area contributed by atoms with E-state index in [9.17, 15) is 4.79 Å². The fourth-order valence-corrected chi connectivity index (χ4v) is 2.28. The lowest BCUT2D eigenvalue weighted by Crippen LogP contribution is -2.42. The molecule has 0 spiro atoms. The molecule has 0 aliphatic carbocycles. The number of nitrogens with zero attached hydrogens (tertiary/aromatic N) is 5. The van der Waals surface area contributed by atoms with Crippen molar-refractivity contribution in [1.82, 2.24) is 30.1 Å². The topological polar surface area (TPSA) is 98.2 Å². The first-order valence-corrected chi connectivity index (χ1v) is 7.09. The summed E-state index contributed by atoms with van der Waals surface area (Å²) in [5.41, 5.74) is 0.567. The molecule has 2 aromatic heterocycles. The summed E-state index contributed by atoms with van der Waals surface area (Å²) in [6.45, 7) is 2.45. The lowest BCUT2D eigenvalue weighted by atomic mass is 10.2. The number of nitrogens with one attached hydrogen (secondary N) is 1. The normalized spacial score (nSPS) is 18.6. The van der Waals surface area contributed by atoms with Crippen molar-refractivity contribution in [3.05, 3.63) is 29.8 Å². The molecule has 0 bridgehead atoms. The van der Waals surface area contributed by atoms with Gasteiger partial charge in [-0.15, -0.1) is 10.2 Å². The Labute approximate surface area is 127 Å². The number of hydrogen-bond donors (Lipinski definition) is 1. The maximum atomic E-state index is 12.3. The van der Waals surface area contributed by atoms with Gasteiger partial charge in [0.25, 0.3) is 5.91 Å². The molecule has 1 atom stereocenters. The fourth-order valence-electron chi connectivity index (χ4n) is 2.28. The van der Waals surface area contributed by atoms with Gasteiger partial charge in [0.15, 0.2) is 0 Å². The lowest BCUT2D eigenvalue weighted by Gasteiger charge is -2.31. The lowest BCUT2D eigenvalue weighted by molar-refractivity contribution is -0.0271. The predicted molar refractivity (Wildman–Crippen MR) is 75.1 cm³/mol. The number of methoxy groups -OCH3 is 1. The number of morpholine rings is 1. The van der Waals surface area contributed by atoms with E-state index >= 15 is 0 Å². The summed E-state index contributed by atoms with van der Waals surface area (Å²) < 4.78 is 10.6. The summed E-state index contributed by atoms with van der Waals surface area (Å²) in [4.78, 5) is 18.5.